The molecule has 81 heavy (non-hydrogen) atoms. The molecule has 8 aliphatic rings. The van der Waals surface area contributed by atoms with Gasteiger partial charge in [-0.1, -0.05) is 36.8 Å². The van der Waals surface area contributed by atoms with Crippen molar-refractivity contribution >= 4 is 69.5 Å². The highest BCUT2D eigenvalue weighted by Crippen LogP contribution is 2.52. The van der Waals surface area contributed by atoms with E-state index in [1.165, 1.54) is 25.3 Å². The number of imide groups is 1. The summed E-state index contributed by atoms with van der Waals surface area (Å²) in [7, 11) is 0. The molecule has 8 heterocycles. The highest BCUT2D eigenvalue weighted by Gasteiger charge is 2.56. The van der Waals surface area contributed by atoms with Crippen LogP contribution in [-0.2, 0) is 42.4 Å². The molecule has 424 valence electrons. The number of pyridine rings is 1. The lowest BCUT2D eigenvalue weighted by atomic mass is 9.73. The third kappa shape index (κ3) is 9.81. The summed E-state index contributed by atoms with van der Waals surface area (Å²) >= 11 is 0. The van der Waals surface area contributed by atoms with Gasteiger partial charge in [0.05, 0.1) is 28.6 Å². The first-order valence-electron chi connectivity index (χ1n) is 30.0. The molecule has 5 aromatic rings. The van der Waals surface area contributed by atoms with Gasteiger partial charge in [-0.3, -0.25) is 34.2 Å². The fourth-order valence-electron chi connectivity index (χ4n) is 14.8. The molecule has 6 fully saturated rings. The van der Waals surface area contributed by atoms with E-state index in [2.05, 4.69) is 52.5 Å². The summed E-state index contributed by atoms with van der Waals surface area (Å²) in [6, 6.07) is 21.0. The molecule has 1 spiro atoms. The average molecular weight is 1100 g/mol. The third-order valence-electron chi connectivity index (χ3n) is 19.7. The smallest absolute Gasteiger partial charge is 0.328 e. The second-order valence-corrected chi connectivity index (χ2v) is 24.6. The summed E-state index contributed by atoms with van der Waals surface area (Å²) < 4.78 is 17.2. The molecule has 7 amide bonds. The Morgan fingerprint density at radius 1 is 0.704 bits per heavy atom. The Morgan fingerprint density at radius 3 is 2.10 bits per heavy atom. The standard InChI is InChI=1S/C63H74FN11O6/c1-39(2)74-38-65-53-36-52(67-57(56(53)74)66-51-9-5-4-8-50(51)64)44-15-17-49-54(33-44)75(48-34-47(35-48)69-24-6-3-7-25-69)61(80)63(49)22-30-71(31-23-63)59(78)42-18-26-70(27-19-42)58(77)40-10-12-41(13-11-40)60(79)72-28-20-43-32-46(16-14-45(43)37-72)73-29-21-55(76)68-62(73)81/h4-5,8-9,14-17,32-33,36,38-42,47-48H,3,6-7,10-13,18-31,34-35,37H2,1-2H3,(H,66,67)(H,68,76,81)/t40-,41-,47-,48+. The number of piperidine rings is 3. The van der Waals surface area contributed by atoms with Crippen molar-refractivity contribution in [1.29, 1.82) is 0 Å². The van der Waals surface area contributed by atoms with Crippen LogP contribution in [0.25, 0.3) is 22.3 Å². The van der Waals surface area contributed by atoms with Crippen molar-refractivity contribution < 1.29 is 33.2 Å². The number of hydrogen-bond acceptors (Lipinski definition) is 10. The Morgan fingerprint density at radius 2 is 1.40 bits per heavy atom. The number of hydrogen-bond donors (Lipinski definition) is 2. The summed E-state index contributed by atoms with van der Waals surface area (Å²) in [5.74, 6) is -0.0481. The number of urea groups is 1. The maximum absolute atomic E-state index is 15.3. The van der Waals surface area contributed by atoms with Gasteiger partial charge < -0.3 is 34.4 Å². The van der Waals surface area contributed by atoms with Crippen molar-refractivity contribution in [2.75, 3.05) is 67.5 Å². The Labute approximate surface area is 472 Å². The van der Waals surface area contributed by atoms with Crippen LogP contribution in [0.1, 0.15) is 126 Å². The van der Waals surface area contributed by atoms with E-state index >= 15 is 9.18 Å². The van der Waals surface area contributed by atoms with E-state index in [-0.39, 0.29) is 71.6 Å². The van der Waals surface area contributed by atoms with Crippen molar-refractivity contribution in [1.82, 2.24) is 39.5 Å². The molecule has 18 heteroatoms. The van der Waals surface area contributed by atoms with E-state index in [4.69, 9.17) is 9.97 Å². The first kappa shape index (κ1) is 53.1. The van der Waals surface area contributed by atoms with Gasteiger partial charge in [0.1, 0.15) is 11.3 Å². The summed E-state index contributed by atoms with van der Waals surface area (Å²) in [5.41, 5.74) is 7.46. The Bertz CT molecular complexity index is 3310. The lowest BCUT2D eigenvalue weighted by molar-refractivity contribution is -0.145. The first-order valence-corrected chi connectivity index (χ1v) is 30.0. The number of para-hydroxylation sites is 1. The average Bonchev–Trinajstić information content (AvgIpc) is 3.13. The summed E-state index contributed by atoms with van der Waals surface area (Å²) in [6.07, 6.45) is 13.3. The lowest BCUT2D eigenvalue weighted by Crippen LogP contribution is -2.58. The van der Waals surface area contributed by atoms with Crippen LogP contribution in [0.5, 0.6) is 0 Å². The van der Waals surface area contributed by atoms with E-state index in [0.717, 1.165) is 70.6 Å². The fourth-order valence-corrected chi connectivity index (χ4v) is 14.8. The van der Waals surface area contributed by atoms with E-state index in [9.17, 15) is 24.0 Å². The van der Waals surface area contributed by atoms with E-state index in [0.29, 0.717) is 127 Å². The first-order chi connectivity index (χ1) is 39.3. The van der Waals surface area contributed by atoms with Crippen molar-refractivity contribution in [2.24, 2.45) is 17.8 Å². The van der Waals surface area contributed by atoms with E-state index in [1.54, 1.807) is 29.4 Å². The second kappa shape index (κ2) is 21.6. The third-order valence-corrected chi connectivity index (χ3v) is 19.7. The van der Waals surface area contributed by atoms with Gasteiger partial charge in [-0.05, 0) is 163 Å². The molecule has 0 radical (unpaired) electrons. The predicted molar refractivity (Wildman–Crippen MR) is 306 cm³/mol. The van der Waals surface area contributed by atoms with Crippen LogP contribution in [0.2, 0.25) is 0 Å². The number of anilines is 4. The van der Waals surface area contributed by atoms with Crippen molar-refractivity contribution in [3.63, 3.8) is 0 Å². The number of carbonyl (C=O) groups is 6. The molecule has 17 nitrogen and oxygen atoms in total. The van der Waals surface area contributed by atoms with Gasteiger partial charge in [-0.25, -0.2) is 19.2 Å². The van der Waals surface area contributed by atoms with Crippen LogP contribution in [0.4, 0.5) is 32.1 Å². The van der Waals surface area contributed by atoms with Crippen molar-refractivity contribution in [2.45, 2.75) is 140 Å². The lowest BCUT2D eigenvalue weighted by Gasteiger charge is -2.48. The number of nitrogens with zero attached hydrogens (tertiary/aromatic N) is 9. The van der Waals surface area contributed by atoms with Crippen LogP contribution in [0.15, 0.2) is 73.1 Å². The number of aromatic nitrogens is 3. The second-order valence-electron chi connectivity index (χ2n) is 24.6. The number of amides is 7. The van der Waals surface area contributed by atoms with Gasteiger partial charge in [0.15, 0.2) is 5.82 Å². The molecule has 0 atom stereocenters. The molecule has 2 aliphatic carbocycles. The molecule has 2 saturated carbocycles. The van der Waals surface area contributed by atoms with Crippen LogP contribution >= 0.6 is 0 Å². The van der Waals surface area contributed by atoms with Crippen LogP contribution in [-0.4, -0.2) is 134 Å². The Hall–Kier alpha value is -7.21. The number of benzene rings is 3. The predicted octanol–water partition coefficient (Wildman–Crippen LogP) is 8.86. The summed E-state index contributed by atoms with van der Waals surface area (Å²) in [6.45, 7) is 9.87. The maximum Gasteiger partial charge on any atom is 0.328 e. The number of nitrogens with one attached hydrogen (secondary N) is 2. The molecule has 0 unspecified atom stereocenters. The highest BCUT2D eigenvalue weighted by atomic mass is 19.1. The summed E-state index contributed by atoms with van der Waals surface area (Å²) in [5, 5.41) is 5.67. The molecule has 2 N–H and O–H groups in total. The summed E-state index contributed by atoms with van der Waals surface area (Å²) in [4.78, 5) is 104. The molecule has 2 aromatic heterocycles. The van der Waals surface area contributed by atoms with Crippen molar-refractivity contribution in [3.8, 4) is 11.3 Å². The molecule has 3 aromatic carbocycles. The number of carbonyl (C=O) groups excluding carboxylic acids is 6. The van der Waals surface area contributed by atoms with Gasteiger partial charge in [-0.2, -0.15) is 0 Å². The zero-order valence-corrected chi connectivity index (χ0v) is 46.7. The Kier molecular flexibility index (Phi) is 14.2. The van der Waals surface area contributed by atoms with Crippen molar-refractivity contribution in [3.05, 3.63) is 95.6 Å². The highest BCUT2D eigenvalue weighted by molar-refractivity contribution is 6.10. The van der Waals surface area contributed by atoms with Crippen LogP contribution in [0.3, 0.4) is 0 Å². The zero-order valence-electron chi connectivity index (χ0n) is 46.7. The minimum Gasteiger partial charge on any atom is -0.342 e. The van der Waals surface area contributed by atoms with Gasteiger partial charge >= 0.3 is 6.03 Å². The largest absolute Gasteiger partial charge is 0.342 e. The van der Waals surface area contributed by atoms with Gasteiger partial charge in [-0.15, -0.1) is 0 Å². The number of halogens is 1. The molecule has 4 saturated heterocycles. The van der Waals surface area contributed by atoms with Gasteiger partial charge in [0.2, 0.25) is 29.5 Å². The quantitative estimate of drug-likeness (QED) is 0.137. The van der Waals surface area contributed by atoms with Gasteiger partial charge in [0.25, 0.3) is 0 Å². The van der Waals surface area contributed by atoms with E-state index < -0.39 is 11.4 Å². The van der Waals surface area contributed by atoms with Gasteiger partial charge in [0, 0.05) is 105 Å². The zero-order chi connectivity index (χ0) is 55.7. The molecule has 13 rings (SSSR count). The monoisotopic (exact) mass is 1100 g/mol. The number of fused-ring (bicyclic) bond motifs is 4. The topological polar surface area (TPSA) is 177 Å². The molecular formula is C63H74FN11O6. The fraction of sp³-hybridized carbons (Fsp3) is 0.524. The molecular weight excluding hydrogens is 1030 g/mol. The van der Waals surface area contributed by atoms with E-state index in [1.807, 2.05) is 43.5 Å². The maximum atomic E-state index is 15.3. The van der Waals surface area contributed by atoms with Crippen LogP contribution < -0.4 is 20.4 Å². The molecule has 6 aliphatic heterocycles. The minimum absolute atomic E-state index is 0.0715. The number of rotatable bonds is 10. The number of likely N-dealkylation sites (tertiary alicyclic amines) is 3. The minimum atomic E-state index is -0.756. The molecule has 0 bridgehead atoms. The SMILES string of the molecule is CC(C)n1cnc2cc(-c3ccc4c(c3)N([C@H]3C[C@@H](N5CCCCC5)C3)C(=O)C43CCN(C(=O)C4CCN(C(=O)[C@H]5CC[C@H](C(=O)N6CCc7cc(N8CCC(=O)NC8=O)ccc7C6)CC5)CC4)CC3)nc(Nc3ccccc3F)c21. The van der Waals surface area contributed by atoms with Crippen LogP contribution in [0, 0.1) is 23.6 Å². The normalized spacial score (nSPS) is 24.3. The number of imidazole rings is 1. The Balaban J connectivity index is 0.645.